The molecule has 1 heterocycles. The lowest BCUT2D eigenvalue weighted by atomic mass is 10.0. The molecule has 138 valence electrons. The van der Waals surface area contributed by atoms with Gasteiger partial charge in [-0.25, -0.2) is 8.42 Å². The first kappa shape index (κ1) is 19.1. The molecule has 10 heteroatoms. The Hall–Kier alpha value is -2.20. The molecule has 0 amide bonds. The molecule has 1 aliphatic rings. The number of nitro benzene ring substituents is 1. The molecule has 0 unspecified atom stereocenters. The maximum atomic E-state index is 12.8. The van der Waals surface area contributed by atoms with E-state index in [4.69, 9.17) is 9.47 Å². The van der Waals surface area contributed by atoms with E-state index in [0.717, 1.165) is 6.07 Å². The lowest BCUT2D eigenvalue weighted by Gasteiger charge is -2.30. The van der Waals surface area contributed by atoms with Crippen molar-refractivity contribution >= 4 is 21.7 Å². The van der Waals surface area contributed by atoms with Gasteiger partial charge in [0.15, 0.2) is 5.75 Å². The zero-order chi connectivity index (χ0) is 18.6. The van der Waals surface area contributed by atoms with Crippen molar-refractivity contribution in [3.8, 4) is 5.75 Å². The number of hydrogen-bond donors (Lipinski definition) is 0. The van der Waals surface area contributed by atoms with Gasteiger partial charge in [-0.15, -0.1) is 0 Å². The van der Waals surface area contributed by atoms with Crippen LogP contribution in [0.15, 0.2) is 23.1 Å². The number of rotatable bonds is 6. The van der Waals surface area contributed by atoms with Crippen molar-refractivity contribution in [2.45, 2.75) is 24.7 Å². The molecule has 25 heavy (non-hydrogen) atoms. The summed E-state index contributed by atoms with van der Waals surface area (Å²) in [6, 6.07) is 3.48. The zero-order valence-electron chi connectivity index (χ0n) is 14.0. The van der Waals surface area contributed by atoms with E-state index in [1.165, 1.54) is 23.5 Å². The monoisotopic (exact) mass is 372 g/mol. The van der Waals surface area contributed by atoms with Gasteiger partial charge in [-0.05, 0) is 31.9 Å². The van der Waals surface area contributed by atoms with Gasteiger partial charge >= 0.3 is 11.7 Å². The van der Waals surface area contributed by atoms with Crippen molar-refractivity contribution in [1.82, 2.24) is 4.31 Å². The molecule has 1 aromatic rings. The summed E-state index contributed by atoms with van der Waals surface area (Å²) < 4.78 is 36.6. The van der Waals surface area contributed by atoms with Gasteiger partial charge in [0, 0.05) is 19.2 Å². The molecule has 0 aromatic heterocycles. The van der Waals surface area contributed by atoms with E-state index in [9.17, 15) is 23.3 Å². The van der Waals surface area contributed by atoms with Crippen molar-refractivity contribution < 1.29 is 27.6 Å². The fraction of sp³-hybridized carbons (Fsp3) is 0.533. The maximum Gasteiger partial charge on any atom is 0.312 e. The first-order chi connectivity index (χ1) is 11.8. The summed E-state index contributed by atoms with van der Waals surface area (Å²) in [5.74, 6) is -0.980. The molecule has 1 fully saturated rings. The second kappa shape index (κ2) is 7.79. The van der Waals surface area contributed by atoms with Crippen LogP contribution in [0.5, 0.6) is 5.75 Å². The van der Waals surface area contributed by atoms with Crippen LogP contribution >= 0.6 is 0 Å². The van der Waals surface area contributed by atoms with Crippen LogP contribution in [0.4, 0.5) is 5.69 Å². The van der Waals surface area contributed by atoms with Gasteiger partial charge in [0.05, 0.1) is 29.5 Å². The van der Waals surface area contributed by atoms with E-state index >= 15 is 0 Å². The normalized spacial score (nSPS) is 18.6. The number of carbonyl (C=O) groups excluding carboxylic acids is 1. The van der Waals surface area contributed by atoms with Gasteiger partial charge in [0.25, 0.3) is 0 Å². The smallest absolute Gasteiger partial charge is 0.312 e. The van der Waals surface area contributed by atoms with Gasteiger partial charge in [-0.2, -0.15) is 4.31 Å². The largest absolute Gasteiger partial charge is 0.490 e. The summed E-state index contributed by atoms with van der Waals surface area (Å²) in [5, 5.41) is 11.1. The lowest BCUT2D eigenvalue weighted by molar-refractivity contribution is -0.386. The highest BCUT2D eigenvalue weighted by Gasteiger charge is 2.35. The molecule has 2 rings (SSSR count). The van der Waals surface area contributed by atoms with E-state index in [2.05, 4.69) is 0 Å². The Bertz CT molecular complexity index is 763. The van der Waals surface area contributed by atoms with Crippen molar-refractivity contribution in [3.63, 3.8) is 0 Å². The average Bonchev–Trinajstić information content (AvgIpc) is 2.61. The van der Waals surface area contributed by atoms with Crippen LogP contribution in [-0.4, -0.2) is 50.4 Å². The minimum Gasteiger partial charge on any atom is -0.490 e. The number of nitrogens with zero attached hydrogens (tertiary/aromatic N) is 2. The zero-order valence-corrected chi connectivity index (χ0v) is 14.8. The summed E-state index contributed by atoms with van der Waals surface area (Å²) in [6.07, 6.45) is 1.06. The minimum absolute atomic E-state index is 0.000986. The number of sulfonamides is 1. The van der Waals surface area contributed by atoms with Crippen LogP contribution in [0, 0.1) is 16.0 Å². The van der Waals surface area contributed by atoms with Crippen LogP contribution in [-0.2, 0) is 19.6 Å². The van der Waals surface area contributed by atoms with E-state index in [-0.39, 0.29) is 30.3 Å². The highest BCUT2D eigenvalue weighted by molar-refractivity contribution is 7.89. The molecule has 9 nitrogen and oxygen atoms in total. The fourth-order valence-corrected chi connectivity index (χ4v) is 4.28. The van der Waals surface area contributed by atoms with Gasteiger partial charge in [0.1, 0.15) is 0 Å². The third kappa shape index (κ3) is 4.07. The van der Waals surface area contributed by atoms with Crippen LogP contribution in [0.3, 0.4) is 0 Å². The SMILES string of the molecule is CCOC(=O)[C@H]1CCCN(S(=O)(=O)c2ccc(OC)c([N+](=O)[O-])c2)C1. The fourth-order valence-electron chi connectivity index (χ4n) is 2.74. The van der Waals surface area contributed by atoms with Crippen LogP contribution in [0.1, 0.15) is 19.8 Å². The molecule has 1 aliphatic heterocycles. The highest BCUT2D eigenvalue weighted by atomic mass is 32.2. The molecule has 0 aliphatic carbocycles. The van der Waals surface area contributed by atoms with E-state index in [1.807, 2.05) is 0 Å². The molecule has 0 saturated carbocycles. The molecule has 0 spiro atoms. The number of nitro groups is 1. The molecule has 1 atom stereocenters. The van der Waals surface area contributed by atoms with Gasteiger partial charge in [-0.3, -0.25) is 14.9 Å². The minimum atomic E-state index is -3.96. The molecule has 0 bridgehead atoms. The Morgan fingerprint density at radius 1 is 1.44 bits per heavy atom. The van der Waals surface area contributed by atoms with Crippen molar-refractivity contribution in [2.75, 3.05) is 26.8 Å². The van der Waals surface area contributed by atoms with Gasteiger partial charge < -0.3 is 9.47 Å². The molecule has 0 N–H and O–H groups in total. The number of benzene rings is 1. The third-order valence-corrected chi connectivity index (χ3v) is 5.85. The molecule has 1 saturated heterocycles. The predicted octanol–water partition coefficient (Wildman–Crippen LogP) is 1.57. The summed E-state index contributed by atoms with van der Waals surface area (Å²) >= 11 is 0. The number of piperidine rings is 1. The number of carbonyl (C=O) groups is 1. The quantitative estimate of drug-likeness (QED) is 0.423. The summed E-state index contributed by atoms with van der Waals surface area (Å²) in [6.45, 7) is 2.16. The Morgan fingerprint density at radius 2 is 2.16 bits per heavy atom. The molecular formula is C15H20N2O7S. The van der Waals surface area contributed by atoms with Gasteiger partial charge in [0.2, 0.25) is 10.0 Å². The van der Waals surface area contributed by atoms with Gasteiger partial charge in [-0.1, -0.05) is 0 Å². The second-order valence-electron chi connectivity index (χ2n) is 5.55. The number of hydrogen-bond acceptors (Lipinski definition) is 7. The van der Waals surface area contributed by atoms with E-state index < -0.39 is 32.5 Å². The number of methoxy groups -OCH3 is 1. The predicted molar refractivity (Wildman–Crippen MR) is 87.8 cm³/mol. The first-order valence-corrected chi connectivity index (χ1v) is 9.24. The Balaban J connectivity index is 2.30. The third-order valence-electron chi connectivity index (χ3n) is 3.99. The molecule has 1 aromatic carbocycles. The number of esters is 1. The topological polar surface area (TPSA) is 116 Å². The Labute approximate surface area is 145 Å². The summed E-state index contributed by atoms with van der Waals surface area (Å²) in [4.78, 5) is 22.1. The second-order valence-corrected chi connectivity index (χ2v) is 7.48. The van der Waals surface area contributed by atoms with Crippen molar-refractivity contribution in [2.24, 2.45) is 5.92 Å². The first-order valence-electron chi connectivity index (χ1n) is 7.80. The van der Waals surface area contributed by atoms with Crippen molar-refractivity contribution in [3.05, 3.63) is 28.3 Å². The Kier molecular flexibility index (Phi) is 5.96. The average molecular weight is 372 g/mol. The van der Waals surface area contributed by atoms with Crippen LogP contribution in [0.2, 0.25) is 0 Å². The van der Waals surface area contributed by atoms with Crippen molar-refractivity contribution in [1.29, 1.82) is 0 Å². The van der Waals surface area contributed by atoms with E-state index in [0.29, 0.717) is 12.8 Å². The maximum absolute atomic E-state index is 12.8. The Morgan fingerprint density at radius 3 is 2.76 bits per heavy atom. The molecule has 0 radical (unpaired) electrons. The van der Waals surface area contributed by atoms with Crippen LogP contribution in [0.25, 0.3) is 0 Å². The summed E-state index contributed by atoms with van der Waals surface area (Å²) in [5.41, 5.74) is -0.428. The highest BCUT2D eigenvalue weighted by Crippen LogP contribution is 2.32. The summed E-state index contributed by atoms with van der Waals surface area (Å²) in [7, 11) is -2.69. The lowest BCUT2D eigenvalue weighted by Crippen LogP contribution is -2.42. The van der Waals surface area contributed by atoms with E-state index in [1.54, 1.807) is 6.92 Å². The standard InChI is InChI=1S/C15H20N2O7S/c1-3-24-15(18)11-5-4-8-16(10-11)25(21,22)12-6-7-14(23-2)13(9-12)17(19)20/h6-7,9,11H,3-5,8,10H2,1-2H3/t11-/m0/s1. The van der Waals surface area contributed by atoms with Crippen LogP contribution < -0.4 is 4.74 Å². The number of ether oxygens (including phenoxy) is 2. The molecular weight excluding hydrogens is 352 g/mol.